The van der Waals surface area contributed by atoms with Crippen molar-refractivity contribution in [2.75, 3.05) is 13.7 Å². The lowest BCUT2D eigenvalue weighted by Gasteiger charge is -2.28. The van der Waals surface area contributed by atoms with Gasteiger partial charge in [-0.2, -0.15) is 0 Å². The number of ether oxygens (including phenoxy) is 1. The van der Waals surface area contributed by atoms with E-state index in [-0.39, 0.29) is 5.91 Å². The number of nitrogens with one attached hydrogen (secondary N) is 1. The molecular weight excluding hydrogens is 318 g/mol. The smallest absolute Gasteiger partial charge is 0.252 e. The molecule has 2 atom stereocenters. The van der Waals surface area contributed by atoms with Crippen LogP contribution in [-0.4, -0.2) is 19.6 Å². The van der Waals surface area contributed by atoms with Gasteiger partial charge in [0.15, 0.2) is 0 Å². The van der Waals surface area contributed by atoms with Crippen molar-refractivity contribution in [1.82, 2.24) is 5.32 Å². The second-order valence-corrected chi connectivity index (χ2v) is 6.43. The lowest BCUT2D eigenvalue weighted by Crippen LogP contribution is -2.33. The van der Waals surface area contributed by atoms with Crippen molar-refractivity contribution in [3.05, 3.63) is 28.2 Å². The van der Waals surface area contributed by atoms with E-state index in [1.165, 1.54) is 25.7 Å². The fourth-order valence-corrected chi connectivity index (χ4v) is 3.25. The van der Waals surface area contributed by atoms with Crippen molar-refractivity contribution in [3.63, 3.8) is 0 Å². The predicted octanol–water partition coefficient (Wildman–Crippen LogP) is 4.01. The first-order valence-corrected chi connectivity index (χ1v) is 8.03. The third kappa shape index (κ3) is 3.75. The number of halogens is 1. The quantitative estimate of drug-likeness (QED) is 0.899. The Balaban J connectivity index is 1.97. The van der Waals surface area contributed by atoms with Gasteiger partial charge in [0.1, 0.15) is 5.75 Å². The van der Waals surface area contributed by atoms with Crippen LogP contribution in [0.1, 0.15) is 43.0 Å². The van der Waals surface area contributed by atoms with Gasteiger partial charge in [-0.25, -0.2) is 0 Å². The van der Waals surface area contributed by atoms with E-state index in [4.69, 9.17) is 4.74 Å². The summed E-state index contributed by atoms with van der Waals surface area (Å²) in [6.45, 7) is 3.06. The SMILES string of the molecule is COc1ccc(Br)c(C(=O)NCC2CCCCC2C)c1. The summed E-state index contributed by atoms with van der Waals surface area (Å²) < 4.78 is 5.97. The second-order valence-electron chi connectivity index (χ2n) is 5.58. The summed E-state index contributed by atoms with van der Waals surface area (Å²) in [6, 6.07) is 5.45. The molecule has 1 aromatic rings. The Labute approximate surface area is 129 Å². The molecule has 1 saturated carbocycles. The van der Waals surface area contributed by atoms with E-state index in [2.05, 4.69) is 28.2 Å². The van der Waals surface area contributed by atoms with E-state index >= 15 is 0 Å². The van der Waals surface area contributed by atoms with E-state index in [9.17, 15) is 4.79 Å². The maximum absolute atomic E-state index is 12.3. The molecule has 0 radical (unpaired) electrons. The van der Waals surface area contributed by atoms with Gasteiger partial charge in [-0.3, -0.25) is 4.79 Å². The number of carbonyl (C=O) groups excluding carboxylic acids is 1. The van der Waals surface area contributed by atoms with Crippen LogP contribution in [0.5, 0.6) is 5.75 Å². The monoisotopic (exact) mass is 339 g/mol. The van der Waals surface area contributed by atoms with Gasteiger partial charge in [0.2, 0.25) is 0 Å². The summed E-state index contributed by atoms with van der Waals surface area (Å²) in [4.78, 5) is 12.3. The zero-order valence-corrected chi connectivity index (χ0v) is 13.7. The highest BCUT2D eigenvalue weighted by Crippen LogP contribution is 2.29. The van der Waals surface area contributed by atoms with Gasteiger partial charge in [0, 0.05) is 11.0 Å². The topological polar surface area (TPSA) is 38.3 Å². The maximum atomic E-state index is 12.3. The minimum Gasteiger partial charge on any atom is -0.497 e. The Hall–Kier alpha value is -1.03. The van der Waals surface area contributed by atoms with Crippen molar-refractivity contribution in [3.8, 4) is 5.75 Å². The van der Waals surface area contributed by atoms with Crippen LogP contribution in [0, 0.1) is 11.8 Å². The Bertz CT molecular complexity index is 476. The molecule has 1 aromatic carbocycles. The zero-order chi connectivity index (χ0) is 14.5. The first-order chi connectivity index (χ1) is 9.61. The van der Waals surface area contributed by atoms with Gasteiger partial charge in [-0.1, -0.05) is 26.2 Å². The normalized spacial score (nSPS) is 22.4. The summed E-state index contributed by atoms with van der Waals surface area (Å²) in [5, 5.41) is 3.07. The van der Waals surface area contributed by atoms with Crippen LogP contribution in [0.4, 0.5) is 0 Å². The fourth-order valence-electron chi connectivity index (χ4n) is 2.82. The number of amides is 1. The molecule has 0 aromatic heterocycles. The molecule has 1 aliphatic carbocycles. The molecule has 4 heteroatoms. The van der Waals surface area contributed by atoms with Crippen molar-refractivity contribution in [2.45, 2.75) is 32.6 Å². The van der Waals surface area contributed by atoms with E-state index in [1.807, 2.05) is 12.1 Å². The zero-order valence-electron chi connectivity index (χ0n) is 12.1. The Morgan fingerprint density at radius 1 is 1.40 bits per heavy atom. The molecule has 0 spiro atoms. The van der Waals surface area contributed by atoms with E-state index in [1.54, 1.807) is 13.2 Å². The lowest BCUT2D eigenvalue weighted by atomic mass is 9.80. The number of methoxy groups -OCH3 is 1. The standard InChI is InChI=1S/C16H22BrNO2/c1-11-5-3-4-6-12(11)10-18-16(19)14-9-13(20-2)7-8-15(14)17/h7-9,11-12H,3-6,10H2,1-2H3,(H,18,19). The van der Waals surface area contributed by atoms with Gasteiger partial charge < -0.3 is 10.1 Å². The van der Waals surface area contributed by atoms with Crippen LogP contribution in [-0.2, 0) is 0 Å². The van der Waals surface area contributed by atoms with Crippen molar-refractivity contribution in [1.29, 1.82) is 0 Å². The minimum absolute atomic E-state index is 0.0338. The summed E-state index contributed by atoms with van der Waals surface area (Å²) in [7, 11) is 1.61. The number of benzene rings is 1. The number of rotatable bonds is 4. The van der Waals surface area contributed by atoms with Crippen molar-refractivity contribution >= 4 is 21.8 Å². The van der Waals surface area contributed by atoms with Gasteiger partial charge in [-0.05, 0) is 52.4 Å². The fraction of sp³-hybridized carbons (Fsp3) is 0.562. The lowest BCUT2D eigenvalue weighted by molar-refractivity contribution is 0.0935. The molecule has 0 saturated heterocycles. The van der Waals surface area contributed by atoms with E-state index in [0.717, 1.165) is 11.0 Å². The first-order valence-electron chi connectivity index (χ1n) is 7.23. The highest BCUT2D eigenvalue weighted by atomic mass is 79.9. The number of hydrogen-bond acceptors (Lipinski definition) is 2. The summed E-state index contributed by atoms with van der Waals surface area (Å²) in [6.07, 6.45) is 5.12. The predicted molar refractivity (Wildman–Crippen MR) is 84.1 cm³/mol. The van der Waals surface area contributed by atoms with Crippen LogP contribution < -0.4 is 10.1 Å². The van der Waals surface area contributed by atoms with Crippen LogP contribution in [0.25, 0.3) is 0 Å². The molecule has 0 bridgehead atoms. The van der Waals surface area contributed by atoms with Gasteiger partial charge in [-0.15, -0.1) is 0 Å². The molecule has 2 rings (SSSR count). The van der Waals surface area contributed by atoms with Crippen LogP contribution in [0.3, 0.4) is 0 Å². The third-order valence-corrected chi connectivity index (χ3v) is 4.92. The molecule has 0 aliphatic heterocycles. The molecule has 110 valence electrons. The van der Waals surface area contributed by atoms with Crippen molar-refractivity contribution in [2.24, 2.45) is 11.8 Å². The molecular formula is C16H22BrNO2. The maximum Gasteiger partial charge on any atom is 0.252 e. The number of carbonyl (C=O) groups is 1. The van der Waals surface area contributed by atoms with E-state index < -0.39 is 0 Å². The third-order valence-electron chi connectivity index (χ3n) is 4.23. The average molecular weight is 340 g/mol. The van der Waals surface area contributed by atoms with Crippen LogP contribution >= 0.6 is 15.9 Å². The average Bonchev–Trinajstić information content (AvgIpc) is 2.46. The number of hydrogen-bond donors (Lipinski definition) is 1. The Morgan fingerprint density at radius 2 is 2.15 bits per heavy atom. The molecule has 3 nitrogen and oxygen atoms in total. The molecule has 2 unspecified atom stereocenters. The molecule has 0 heterocycles. The molecule has 20 heavy (non-hydrogen) atoms. The van der Waals surface area contributed by atoms with Crippen LogP contribution in [0.15, 0.2) is 22.7 Å². The molecule has 1 N–H and O–H groups in total. The summed E-state index contributed by atoms with van der Waals surface area (Å²) in [5.41, 5.74) is 0.632. The molecule has 1 aliphatic rings. The molecule has 1 fully saturated rings. The van der Waals surface area contributed by atoms with Crippen LogP contribution in [0.2, 0.25) is 0 Å². The van der Waals surface area contributed by atoms with Gasteiger partial charge in [0.05, 0.1) is 12.7 Å². The highest BCUT2D eigenvalue weighted by molar-refractivity contribution is 9.10. The molecule has 1 amide bonds. The highest BCUT2D eigenvalue weighted by Gasteiger charge is 2.22. The van der Waals surface area contributed by atoms with Crippen molar-refractivity contribution < 1.29 is 9.53 Å². The summed E-state index contributed by atoms with van der Waals surface area (Å²) >= 11 is 3.42. The Morgan fingerprint density at radius 3 is 2.85 bits per heavy atom. The van der Waals surface area contributed by atoms with E-state index in [0.29, 0.717) is 23.1 Å². The minimum atomic E-state index is -0.0338. The van der Waals surface area contributed by atoms with Gasteiger partial charge in [0.25, 0.3) is 5.91 Å². The van der Waals surface area contributed by atoms with Gasteiger partial charge >= 0.3 is 0 Å². The Kier molecular flexibility index (Phi) is 5.46. The first kappa shape index (κ1) is 15.4. The summed E-state index contributed by atoms with van der Waals surface area (Å²) in [5.74, 6) is 1.98. The largest absolute Gasteiger partial charge is 0.497 e. The second kappa shape index (κ2) is 7.11.